The lowest BCUT2D eigenvalue weighted by Crippen LogP contribution is -2.05. The number of anilines is 1. The van der Waals surface area contributed by atoms with Crippen LogP contribution < -0.4 is 11.3 Å². The van der Waals surface area contributed by atoms with E-state index in [0.29, 0.717) is 15.4 Å². The molecule has 0 aliphatic rings. The lowest BCUT2D eigenvalue weighted by molar-refractivity contribution is 0.0698. The van der Waals surface area contributed by atoms with Gasteiger partial charge in [-0.05, 0) is 36.4 Å². The van der Waals surface area contributed by atoms with E-state index < -0.39 is 5.97 Å². The second-order valence-electron chi connectivity index (χ2n) is 4.43. The highest BCUT2D eigenvalue weighted by Gasteiger charge is 2.06. The molecule has 0 spiro atoms. The molecule has 0 bridgehead atoms. The lowest BCUT2D eigenvalue weighted by Gasteiger charge is -1.99. The molecule has 1 heterocycles. The minimum absolute atomic E-state index is 0.110. The number of carbonyl (C=O) groups is 1. The number of nitrogens with zero attached hydrogens (tertiary/aromatic N) is 1. The van der Waals surface area contributed by atoms with Gasteiger partial charge < -0.3 is 15.8 Å². The zero-order valence-corrected chi connectivity index (χ0v) is 14.8. The monoisotopic (exact) mass is 439 g/mol. The van der Waals surface area contributed by atoms with Crippen LogP contribution in [0.1, 0.15) is 10.4 Å². The Kier molecular flexibility index (Phi) is 5.51. The van der Waals surface area contributed by atoms with Crippen LogP contribution in [0.4, 0.5) is 5.69 Å². The molecule has 0 amide bonds. The van der Waals surface area contributed by atoms with Crippen LogP contribution in [0.2, 0.25) is 0 Å². The highest BCUT2D eigenvalue weighted by Crippen LogP contribution is 2.18. The van der Waals surface area contributed by atoms with Gasteiger partial charge in [-0.2, -0.15) is 0 Å². The molecule has 23 heavy (non-hydrogen) atoms. The minimum atomic E-state index is -1.01. The number of H-pyrrole nitrogens is 1. The average molecular weight is 441 g/mol. The summed E-state index contributed by atoms with van der Waals surface area (Å²) in [6.07, 6.45) is 1.40. The molecule has 0 atom stereocenters. The van der Waals surface area contributed by atoms with Crippen LogP contribution in [0.5, 0.6) is 0 Å². The molecule has 0 aliphatic heterocycles. The Labute approximate surface area is 147 Å². The molecule has 118 valence electrons. The number of rotatable bonds is 1. The number of carboxylic acid groups (broad SMARTS) is 1. The van der Waals surface area contributed by atoms with E-state index in [-0.39, 0.29) is 16.8 Å². The third kappa shape index (κ3) is 4.40. The van der Waals surface area contributed by atoms with Crippen LogP contribution in [-0.4, -0.2) is 21.0 Å². The number of fused-ring (bicyclic) bond motifs is 1. The number of nitrogens with two attached hydrogens (primary N) is 1. The van der Waals surface area contributed by atoms with E-state index in [4.69, 9.17) is 10.8 Å². The van der Waals surface area contributed by atoms with Crippen LogP contribution in [0, 0.1) is 0 Å². The number of hydrogen-bond donors (Lipinski definition) is 3. The van der Waals surface area contributed by atoms with Crippen molar-refractivity contribution in [3.8, 4) is 0 Å². The smallest absolute Gasteiger partial charge is 0.337 e. The van der Waals surface area contributed by atoms with Crippen molar-refractivity contribution in [1.82, 2.24) is 9.97 Å². The number of nitrogens with one attached hydrogen (secondary N) is 1. The van der Waals surface area contributed by atoms with Gasteiger partial charge in [-0.1, -0.05) is 31.9 Å². The molecule has 6 nitrogen and oxygen atoms in total. The van der Waals surface area contributed by atoms with Crippen LogP contribution in [-0.2, 0) is 0 Å². The van der Waals surface area contributed by atoms with Crippen LogP contribution in [0.25, 0.3) is 10.9 Å². The molecule has 3 rings (SSSR count). The zero-order valence-electron chi connectivity index (χ0n) is 11.6. The molecule has 3 aromatic rings. The number of carboxylic acids is 1. The van der Waals surface area contributed by atoms with Gasteiger partial charge >= 0.3 is 5.97 Å². The van der Waals surface area contributed by atoms with E-state index >= 15 is 0 Å². The maximum absolute atomic E-state index is 11.2. The normalized spacial score (nSPS) is 10.0. The maximum atomic E-state index is 11.2. The minimum Gasteiger partial charge on any atom is -0.478 e. The first-order valence-corrected chi connectivity index (χ1v) is 7.88. The van der Waals surface area contributed by atoms with Gasteiger partial charge in [0.25, 0.3) is 5.56 Å². The van der Waals surface area contributed by atoms with Gasteiger partial charge in [-0.25, -0.2) is 9.78 Å². The van der Waals surface area contributed by atoms with Gasteiger partial charge in [0, 0.05) is 14.6 Å². The first kappa shape index (κ1) is 17.2. The van der Waals surface area contributed by atoms with E-state index in [0.717, 1.165) is 4.47 Å². The van der Waals surface area contributed by atoms with Gasteiger partial charge in [-0.15, -0.1) is 0 Å². The standard InChI is InChI=1S/C8H5BrN2O.C7H6BrNO2/c9-5-1-2-7-6(3-5)8(12)11-4-10-7;8-4-1-2-6(9)5(3-4)7(10)11/h1-4H,(H,10,11,12);1-3H,9H2,(H,10,11). The van der Waals surface area contributed by atoms with E-state index in [9.17, 15) is 9.59 Å². The van der Waals surface area contributed by atoms with Crippen molar-refractivity contribution in [3.05, 3.63) is 67.6 Å². The average Bonchev–Trinajstić information content (AvgIpc) is 2.51. The highest BCUT2D eigenvalue weighted by molar-refractivity contribution is 9.10. The zero-order chi connectivity index (χ0) is 17.0. The number of aromatic carboxylic acids is 1. The van der Waals surface area contributed by atoms with Gasteiger partial charge in [0.1, 0.15) is 0 Å². The second kappa shape index (κ2) is 7.38. The fourth-order valence-corrected chi connectivity index (χ4v) is 2.48. The van der Waals surface area contributed by atoms with Crippen molar-refractivity contribution in [2.24, 2.45) is 0 Å². The van der Waals surface area contributed by atoms with Crippen molar-refractivity contribution >= 4 is 54.4 Å². The predicted molar refractivity (Wildman–Crippen MR) is 95.6 cm³/mol. The number of nitrogen functional groups attached to an aromatic ring is 1. The van der Waals surface area contributed by atoms with Crippen molar-refractivity contribution in [1.29, 1.82) is 0 Å². The fraction of sp³-hybridized carbons (Fsp3) is 0. The summed E-state index contributed by atoms with van der Waals surface area (Å²) in [5, 5.41) is 9.19. The number of halogens is 2. The molecule has 0 unspecified atom stereocenters. The fourth-order valence-electron chi connectivity index (χ4n) is 1.75. The summed E-state index contributed by atoms with van der Waals surface area (Å²) in [4.78, 5) is 28.2. The Morgan fingerprint density at radius 1 is 1.13 bits per heavy atom. The predicted octanol–water partition coefficient (Wildman–Crippen LogP) is 3.42. The summed E-state index contributed by atoms with van der Waals surface area (Å²) in [5.74, 6) is -1.01. The Bertz CT molecular complexity index is 925. The summed E-state index contributed by atoms with van der Waals surface area (Å²) in [7, 11) is 0. The first-order chi connectivity index (χ1) is 10.9. The van der Waals surface area contributed by atoms with E-state index in [1.165, 1.54) is 12.4 Å². The maximum Gasteiger partial charge on any atom is 0.337 e. The van der Waals surface area contributed by atoms with Crippen molar-refractivity contribution in [2.45, 2.75) is 0 Å². The van der Waals surface area contributed by atoms with Crippen LogP contribution >= 0.6 is 31.9 Å². The Morgan fingerprint density at radius 3 is 2.43 bits per heavy atom. The van der Waals surface area contributed by atoms with Gasteiger partial charge in [0.2, 0.25) is 0 Å². The molecule has 0 aliphatic carbocycles. The van der Waals surface area contributed by atoms with Gasteiger partial charge in [0.05, 0.1) is 22.8 Å². The Hall–Kier alpha value is -2.19. The summed E-state index contributed by atoms with van der Waals surface area (Å²) in [6.45, 7) is 0. The van der Waals surface area contributed by atoms with E-state index in [1.54, 1.807) is 24.3 Å². The van der Waals surface area contributed by atoms with E-state index in [2.05, 4.69) is 41.8 Å². The summed E-state index contributed by atoms with van der Waals surface area (Å²) in [6, 6.07) is 10.1. The van der Waals surface area contributed by atoms with Gasteiger partial charge in [0.15, 0.2) is 0 Å². The largest absolute Gasteiger partial charge is 0.478 e. The molecule has 0 fully saturated rings. The molecule has 8 heteroatoms. The Morgan fingerprint density at radius 2 is 1.78 bits per heavy atom. The quantitative estimate of drug-likeness (QED) is 0.502. The third-order valence-electron chi connectivity index (χ3n) is 2.85. The van der Waals surface area contributed by atoms with Crippen LogP contribution in [0.15, 0.2) is 56.5 Å². The second-order valence-corrected chi connectivity index (χ2v) is 6.26. The summed E-state index contributed by atoms with van der Waals surface area (Å²) >= 11 is 6.43. The molecular weight excluding hydrogens is 430 g/mol. The molecule has 0 radical (unpaired) electrons. The summed E-state index contributed by atoms with van der Waals surface area (Å²) < 4.78 is 1.60. The number of aromatic amines is 1. The molecule has 2 aromatic carbocycles. The Balaban J connectivity index is 0.000000168. The van der Waals surface area contributed by atoms with Gasteiger partial charge in [-0.3, -0.25) is 4.79 Å². The lowest BCUT2D eigenvalue weighted by atomic mass is 10.2. The topological polar surface area (TPSA) is 109 Å². The molecular formula is C15H11Br2N3O3. The summed E-state index contributed by atoms with van der Waals surface area (Å²) in [5.41, 5.74) is 6.39. The number of hydrogen-bond acceptors (Lipinski definition) is 4. The molecule has 0 saturated carbocycles. The molecule has 4 N–H and O–H groups in total. The van der Waals surface area contributed by atoms with Crippen molar-refractivity contribution in [3.63, 3.8) is 0 Å². The van der Waals surface area contributed by atoms with Crippen molar-refractivity contribution < 1.29 is 9.90 Å². The molecule has 1 aromatic heterocycles. The highest BCUT2D eigenvalue weighted by atomic mass is 79.9. The number of benzene rings is 2. The molecule has 0 saturated heterocycles. The van der Waals surface area contributed by atoms with E-state index in [1.807, 2.05) is 6.07 Å². The third-order valence-corrected chi connectivity index (χ3v) is 3.83. The SMILES string of the molecule is Nc1ccc(Br)cc1C(=O)O.O=c1[nH]cnc2ccc(Br)cc12. The first-order valence-electron chi connectivity index (χ1n) is 6.30. The van der Waals surface area contributed by atoms with Crippen molar-refractivity contribution in [2.75, 3.05) is 5.73 Å². The number of aromatic nitrogens is 2. The van der Waals surface area contributed by atoms with Crippen LogP contribution in [0.3, 0.4) is 0 Å².